The second-order valence-electron chi connectivity index (χ2n) is 4.15. The topological polar surface area (TPSA) is 26.3 Å². The van der Waals surface area contributed by atoms with E-state index in [4.69, 9.17) is 4.74 Å². The van der Waals surface area contributed by atoms with E-state index < -0.39 is 0 Å². The SMILES string of the molecule is CCC1(C)C(=O)OCC1(C)C. The van der Waals surface area contributed by atoms with E-state index in [9.17, 15) is 4.79 Å². The third-order valence-corrected chi connectivity index (χ3v) is 3.22. The standard InChI is InChI=1S/C9H16O2/c1-5-9(4)7(10)11-6-8(9,2)3/h5-6H2,1-4H3. The lowest BCUT2D eigenvalue weighted by Gasteiger charge is -2.31. The van der Waals surface area contributed by atoms with Gasteiger partial charge in [-0.3, -0.25) is 4.79 Å². The minimum Gasteiger partial charge on any atom is -0.465 e. The minimum absolute atomic E-state index is 0.00116. The van der Waals surface area contributed by atoms with Crippen molar-refractivity contribution in [2.45, 2.75) is 34.1 Å². The average Bonchev–Trinajstić information content (AvgIpc) is 2.15. The lowest BCUT2D eigenvalue weighted by atomic mass is 9.67. The van der Waals surface area contributed by atoms with Crippen molar-refractivity contribution in [2.24, 2.45) is 10.8 Å². The Balaban J connectivity index is 2.97. The highest BCUT2D eigenvalue weighted by molar-refractivity contribution is 5.79. The first-order chi connectivity index (χ1) is 4.94. The number of carbonyl (C=O) groups is 1. The fraction of sp³-hybridized carbons (Fsp3) is 0.889. The van der Waals surface area contributed by atoms with Gasteiger partial charge in [-0.2, -0.15) is 0 Å². The van der Waals surface area contributed by atoms with Gasteiger partial charge in [-0.15, -0.1) is 0 Å². The summed E-state index contributed by atoms with van der Waals surface area (Å²) in [6.07, 6.45) is 0.860. The predicted molar refractivity (Wildman–Crippen MR) is 43.1 cm³/mol. The Bertz CT molecular complexity index is 184. The first kappa shape index (κ1) is 8.57. The Morgan fingerprint density at radius 3 is 2.18 bits per heavy atom. The van der Waals surface area contributed by atoms with Crippen LogP contribution in [0.4, 0.5) is 0 Å². The molecule has 0 N–H and O–H groups in total. The molecule has 1 heterocycles. The Hall–Kier alpha value is -0.530. The molecule has 1 rings (SSSR count). The monoisotopic (exact) mass is 156 g/mol. The van der Waals surface area contributed by atoms with Crippen molar-refractivity contribution in [3.63, 3.8) is 0 Å². The summed E-state index contributed by atoms with van der Waals surface area (Å²) in [6, 6.07) is 0. The van der Waals surface area contributed by atoms with Gasteiger partial charge in [0.1, 0.15) is 0 Å². The van der Waals surface area contributed by atoms with Crippen LogP contribution in [-0.2, 0) is 9.53 Å². The van der Waals surface area contributed by atoms with Gasteiger partial charge in [0.25, 0.3) is 0 Å². The van der Waals surface area contributed by atoms with Crippen molar-refractivity contribution in [3.05, 3.63) is 0 Å². The molecule has 0 aromatic rings. The zero-order chi connectivity index (χ0) is 8.70. The van der Waals surface area contributed by atoms with Crippen molar-refractivity contribution in [1.82, 2.24) is 0 Å². The second kappa shape index (κ2) is 2.23. The van der Waals surface area contributed by atoms with Crippen LogP contribution in [0.5, 0.6) is 0 Å². The Labute approximate surface area is 67.9 Å². The summed E-state index contributed by atoms with van der Waals surface area (Å²) >= 11 is 0. The number of cyclic esters (lactones) is 1. The molecule has 0 amide bonds. The van der Waals surface area contributed by atoms with Crippen molar-refractivity contribution in [2.75, 3.05) is 6.61 Å². The molecule has 0 radical (unpaired) electrons. The third-order valence-electron chi connectivity index (χ3n) is 3.22. The molecule has 64 valence electrons. The predicted octanol–water partition coefficient (Wildman–Crippen LogP) is 1.99. The van der Waals surface area contributed by atoms with Gasteiger partial charge < -0.3 is 4.74 Å². The van der Waals surface area contributed by atoms with E-state index >= 15 is 0 Å². The highest BCUT2D eigenvalue weighted by atomic mass is 16.5. The number of carbonyl (C=O) groups excluding carboxylic acids is 1. The zero-order valence-corrected chi connectivity index (χ0v) is 7.73. The molecule has 1 atom stereocenters. The largest absolute Gasteiger partial charge is 0.465 e. The van der Waals surface area contributed by atoms with Crippen molar-refractivity contribution in [1.29, 1.82) is 0 Å². The van der Waals surface area contributed by atoms with Crippen molar-refractivity contribution in [3.8, 4) is 0 Å². The lowest BCUT2D eigenvalue weighted by Crippen LogP contribution is -2.35. The van der Waals surface area contributed by atoms with Crippen LogP contribution in [0.1, 0.15) is 34.1 Å². The van der Waals surface area contributed by atoms with E-state index in [2.05, 4.69) is 13.8 Å². The first-order valence-electron chi connectivity index (χ1n) is 4.11. The minimum atomic E-state index is -0.271. The molecule has 0 saturated carbocycles. The summed E-state index contributed by atoms with van der Waals surface area (Å²) in [4.78, 5) is 11.3. The van der Waals surface area contributed by atoms with E-state index in [1.54, 1.807) is 0 Å². The summed E-state index contributed by atoms with van der Waals surface area (Å²) < 4.78 is 5.04. The number of ether oxygens (including phenoxy) is 1. The quantitative estimate of drug-likeness (QED) is 0.543. The molecule has 0 aliphatic carbocycles. The molecule has 0 bridgehead atoms. The van der Waals surface area contributed by atoms with Crippen LogP contribution >= 0.6 is 0 Å². The summed E-state index contributed by atoms with van der Waals surface area (Å²) in [5.74, 6) is -0.0370. The van der Waals surface area contributed by atoms with Crippen LogP contribution in [0.3, 0.4) is 0 Å². The van der Waals surface area contributed by atoms with E-state index in [0.717, 1.165) is 6.42 Å². The summed E-state index contributed by atoms with van der Waals surface area (Å²) in [5, 5.41) is 0. The smallest absolute Gasteiger partial charge is 0.312 e. The van der Waals surface area contributed by atoms with Crippen LogP contribution in [-0.4, -0.2) is 12.6 Å². The summed E-state index contributed by atoms with van der Waals surface area (Å²) in [5.41, 5.74) is -0.272. The molecule has 1 unspecified atom stereocenters. The Kier molecular flexibility index (Phi) is 1.73. The van der Waals surface area contributed by atoms with Crippen molar-refractivity contribution < 1.29 is 9.53 Å². The van der Waals surface area contributed by atoms with E-state index in [0.29, 0.717) is 6.61 Å². The van der Waals surface area contributed by atoms with Gasteiger partial charge in [-0.05, 0) is 13.3 Å². The van der Waals surface area contributed by atoms with Crippen LogP contribution in [0.2, 0.25) is 0 Å². The van der Waals surface area contributed by atoms with Crippen molar-refractivity contribution >= 4 is 5.97 Å². The van der Waals surface area contributed by atoms with Gasteiger partial charge in [0.05, 0.1) is 12.0 Å². The van der Waals surface area contributed by atoms with Crippen LogP contribution in [0.15, 0.2) is 0 Å². The number of esters is 1. The fourth-order valence-corrected chi connectivity index (χ4v) is 1.46. The Morgan fingerprint density at radius 1 is 1.45 bits per heavy atom. The molecule has 1 saturated heterocycles. The maximum Gasteiger partial charge on any atom is 0.312 e. The first-order valence-corrected chi connectivity index (χ1v) is 4.11. The average molecular weight is 156 g/mol. The molecule has 0 aromatic carbocycles. The number of hydrogen-bond donors (Lipinski definition) is 0. The highest BCUT2D eigenvalue weighted by Crippen LogP contribution is 2.47. The zero-order valence-electron chi connectivity index (χ0n) is 7.73. The normalized spacial score (nSPS) is 35.5. The van der Waals surface area contributed by atoms with Gasteiger partial charge in [-0.1, -0.05) is 20.8 Å². The molecule has 11 heavy (non-hydrogen) atoms. The Morgan fingerprint density at radius 2 is 2.00 bits per heavy atom. The summed E-state index contributed by atoms with van der Waals surface area (Å²) in [7, 11) is 0. The molecule has 0 aromatic heterocycles. The van der Waals surface area contributed by atoms with Gasteiger partial charge >= 0.3 is 5.97 Å². The molecule has 0 spiro atoms. The van der Waals surface area contributed by atoms with E-state index in [1.165, 1.54) is 0 Å². The maximum absolute atomic E-state index is 11.3. The summed E-state index contributed by atoms with van der Waals surface area (Å²) in [6.45, 7) is 8.76. The fourth-order valence-electron chi connectivity index (χ4n) is 1.46. The third kappa shape index (κ3) is 0.959. The number of hydrogen-bond acceptors (Lipinski definition) is 2. The molecular formula is C9H16O2. The highest BCUT2D eigenvalue weighted by Gasteiger charge is 2.52. The van der Waals surface area contributed by atoms with E-state index in [1.807, 2.05) is 13.8 Å². The number of rotatable bonds is 1. The molecule has 1 aliphatic rings. The van der Waals surface area contributed by atoms with Gasteiger partial charge in [0.2, 0.25) is 0 Å². The molecular weight excluding hydrogens is 140 g/mol. The van der Waals surface area contributed by atoms with Crippen LogP contribution in [0.25, 0.3) is 0 Å². The molecule has 2 nitrogen and oxygen atoms in total. The van der Waals surface area contributed by atoms with Crippen LogP contribution < -0.4 is 0 Å². The van der Waals surface area contributed by atoms with Crippen LogP contribution in [0, 0.1) is 10.8 Å². The maximum atomic E-state index is 11.3. The molecule has 1 fully saturated rings. The van der Waals surface area contributed by atoms with Gasteiger partial charge in [0.15, 0.2) is 0 Å². The lowest BCUT2D eigenvalue weighted by molar-refractivity contribution is -0.146. The van der Waals surface area contributed by atoms with Gasteiger partial charge in [0, 0.05) is 5.41 Å². The molecule has 1 aliphatic heterocycles. The molecule has 2 heteroatoms. The van der Waals surface area contributed by atoms with Gasteiger partial charge in [-0.25, -0.2) is 0 Å². The van der Waals surface area contributed by atoms with E-state index in [-0.39, 0.29) is 16.8 Å². The second-order valence-corrected chi connectivity index (χ2v) is 4.15.